The number of nitrogens with two attached hydrogens (primary N) is 1. The van der Waals surface area contributed by atoms with Crippen LogP contribution in [0.5, 0.6) is 0 Å². The van der Waals surface area contributed by atoms with Crippen molar-refractivity contribution in [2.75, 3.05) is 16.4 Å². The van der Waals surface area contributed by atoms with Crippen LogP contribution in [0.3, 0.4) is 0 Å². The number of rotatable bonds is 5. The minimum atomic E-state index is -0.527. The van der Waals surface area contributed by atoms with Crippen LogP contribution in [-0.2, 0) is 11.3 Å². The number of nitrogens with zero attached hydrogens (tertiary/aromatic N) is 3. The van der Waals surface area contributed by atoms with Crippen molar-refractivity contribution < 1.29 is 9.59 Å². The number of anilines is 3. The molecule has 0 atom stereocenters. The highest BCUT2D eigenvalue weighted by Crippen LogP contribution is 2.17. The molecule has 0 bridgehead atoms. The van der Waals surface area contributed by atoms with E-state index in [2.05, 4.69) is 20.9 Å². The van der Waals surface area contributed by atoms with E-state index in [1.165, 1.54) is 4.68 Å². The maximum absolute atomic E-state index is 12.3. The molecule has 0 spiro atoms. The summed E-state index contributed by atoms with van der Waals surface area (Å²) in [6.45, 7) is 3.73. The molecule has 0 aliphatic heterocycles. The molecule has 9 heteroatoms. The van der Waals surface area contributed by atoms with Gasteiger partial charge in [-0.15, -0.1) is 5.10 Å². The maximum atomic E-state index is 12.3. The molecule has 0 saturated heterocycles. The van der Waals surface area contributed by atoms with Crippen molar-refractivity contribution in [2.45, 2.75) is 20.4 Å². The van der Waals surface area contributed by atoms with E-state index in [1.54, 1.807) is 24.3 Å². The van der Waals surface area contributed by atoms with Crippen LogP contribution < -0.4 is 16.4 Å². The highest BCUT2D eigenvalue weighted by atomic mass is 35.5. The average Bonchev–Trinajstić information content (AvgIpc) is 2.96. The van der Waals surface area contributed by atoms with Gasteiger partial charge < -0.3 is 16.4 Å². The molecule has 28 heavy (non-hydrogen) atoms. The topological polar surface area (TPSA) is 115 Å². The Hall–Kier alpha value is -3.39. The van der Waals surface area contributed by atoms with Crippen LogP contribution in [0.4, 0.5) is 17.2 Å². The molecule has 0 fully saturated rings. The van der Waals surface area contributed by atoms with Crippen LogP contribution in [0.15, 0.2) is 42.5 Å². The van der Waals surface area contributed by atoms with E-state index < -0.39 is 5.91 Å². The lowest BCUT2D eigenvalue weighted by atomic mass is 10.1. The minimum absolute atomic E-state index is 0.00189. The van der Waals surface area contributed by atoms with E-state index in [0.717, 1.165) is 11.1 Å². The van der Waals surface area contributed by atoms with Gasteiger partial charge in [0.15, 0.2) is 11.5 Å². The molecule has 3 aromatic rings. The van der Waals surface area contributed by atoms with Gasteiger partial charge in [-0.05, 0) is 61.4 Å². The van der Waals surface area contributed by atoms with E-state index >= 15 is 0 Å². The van der Waals surface area contributed by atoms with Crippen LogP contribution in [0.1, 0.15) is 21.6 Å². The number of hydrogen-bond donors (Lipinski definition) is 3. The second-order valence-electron chi connectivity index (χ2n) is 6.37. The predicted octanol–water partition coefficient (Wildman–Crippen LogP) is 3.02. The third-order valence-electron chi connectivity index (χ3n) is 3.89. The molecule has 0 aliphatic rings. The predicted molar refractivity (Wildman–Crippen MR) is 108 cm³/mol. The molecule has 2 aromatic carbocycles. The molecule has 0 saturated carbocycles. The van der Waals surface area contributed by atoms with E-state index in [-0.39, 0.29) is 24.0 Å². The molecule has 0 radical (unpaired) electrons. The largest absolute Gasteiger partial charge is 0.382 e. The Morgan fingerprint density at radius 1 is 1.04 bits per heavy atom. The van der Waals surface area contributed by atoms with Gasteiger partial charge in [-0.2, -0.15) is 0 Å². The first-order valence-corrected chi connectivity index (χ1v) is 8.83. The van der Waals surface area contributed by atoms with Gasteiger partial charge in [0.05, 0.1) is 0 Å². The summed E-state index contributed by atoms with van der Waals surface area (Å²) >= 11 is 5.82. The van der Waals surface area contributed by atoms with Gasteiger partial charge in [0, 0.05) is 16.4 Å². The number of amides is 2. The first-order valence-electron chi connectivity index (χ1n) is 8.46. The lowest BCUT2D eigenvalue weighted by Crippen LogP contribution is -2.21. The molecular weight excluding hydrogens is 380 g/mol. The molecule has 0 aliphatic carbocycles. The fourth-order valence-electron chi connectivity index (χ4n) is 2.71. The third-order valence-corrected chi connectivity index (χ3v) is 4.14. The molecule has 1 heterocycles. The molecule has 2 amide bonds. The van der Waals surface area contributed by atoms with Crippen LogP contribution in [-0.4, -0.2) is 26.8 Å². The van der Waals surface area contributed by atoms with Crippen molar-refractivity contribution in [1.82, 2.24) is 15.0 Å². The number of aryl methyl sites for hydroxylation is 2. The Kier molecular flexibility index (Phi) is 5.60. The number of aromatic nitrogens is 3. The quantitative estimate of drug-likeness (QED) is 0.611. The van der Waals surface area contributed by atoms with Gasteiger partial charge in [-0.3, -0.25) is 9.59 Å². The first-order chi connectivity index (χ1) is 13.3. The second-order valence-corrected chi connectivity index (χ2v) is 6.80. The van der Waals surface area contributed by atoms with Crippen molar-refractivity contribution in [3.63, 3.8) is 0 Å². The zero-order chi connectivity index (χ0) is 20.3. The summed E-state index contributed by atoms with van der Waals surface area (Å²) in [6, 6.07) is 12.3. The molecular formula is C19H19ClN6O2. The zero-order valence-corrected chi connectivity index (χ0v) is 16.1. The standard InChI is InChI=1S/C19H19ClN6O2/c1-11-7-12(2)9-15(8-11)22-16(27)10-26-18(21)17(24-25-26)19(28)23-14-5-3-13(20)4-6-14/h3-9H,10,21H2,1-2H3,(H,22,27)(H,23,28). The van der Waals surface area contributed by atoms with E-state index in [0.29, 0.717) is 16.4 Å². The van der Waals surface area contributed by atoms with Crippen LogP contribution in [0.25, 0.3) is 0 Å². The maximum Gasteiger partial charge on any atom is 0.280 e. The van der Waals surface area contributed by atoms with E-state index in [9.17, 15) is 9.59 Å². The van der Waals surface area contributed by atoms with Gasteiger partial charge in [0.2, 0.25) is 5.91 Å². The highest BCUT2D eigenvalue weighted by molar-refractivity contribution is 6.30. The van der Waals surface area contributed by atoms with Crippen molar-refractivity contribution in [3.8, 4) is 0 Å². The van der Waals surface area contributed by atoms with E-state index in [4.69, 9.17) is 17.3 Å². The normalized spacial score (nSPS) is 10.5. The fourth-order valence-corrected chi connectivity index (χ4v) is 2.83. The molecule has 0 unspecified atom stereocenters. The van der Waals surface area contributed by atoms with Crippen LogP contribution in [0, 0.1) is 13.8 Å². The van der Waals surface area contributed by atoms with Crippen molar-refractivity contribution in [2.24, 2.45) is 0 Å². The molecule has 1 aromatic heterocycles. The first kappa shape index (κ1) is 19.4. The summed E-state index contributed by atoms with van der Waals surface area (Å²) in [5.74, 6) is -0.853. The summed E-state index contributed by atoms with van der Waals surface area (Å²) in [5.41, 5.74) is 9.18. The van der Waals surface area contributed by atoms with Gasteiger partial charge in [0.25, 0.3) is 5.91 Å². The van der Waals surface area contributed by atoms with Crippen LogP contribution >= 0.6 is 11.6 Å². The van der Waals surface area contributed by atoms with Gasteiger partial charge in [-0.1, -0.05) is 22.9 Å². The molecule has 8 nitrogen and oxygen atoms in total. The van der Waals surface area contributed by atoms with Crippen molar-refractivity contribution >= 4 is 40.6 Å². The zero-order valence-electron chi connectivity index (χ0n) is 15.4. The van der Waals surface area contributed by atoms with Crippen molar-refractivity contribution in [3.05, 3.63) is 64.3 Å². The SMILES string of the molecule is Cc1cc(C)cc(NC(=O)Cn2nnc(C(=O)Nc3ccc(Cl)cc3)c2N)c1. The number of halogens is 1. The Balaban J connectivity index is 1.67. The summed E-state index contributed by atoms with van der Waals surface area (Å²) in [5, 5.41) is 13.6. The van der Waals surface area contributed by atoms with Gasteiger partial charge >= 0.3 is 0 Å². The lowest BCUT2D eigenvalue weighted by molar-refractivity contribution is -0.116. The number of nitrogen functional groups attached to an aromatic ring is 1. The highest BCUT2D eigenvalue weighted by Gasteiger charge is 2.19. The lowest BCUT2D eigenvalue weighted by Gasteiger charge is -2.08. The van der Waals surface area contributed by atoms with Crippen LogP contribution in [0.2, 0.25) is 5.02 Å². The molecule has 4 N–H and O–H groups in total. The summed E-state index contributed by atoms with van der Waals surface area (Å²) in [4.78, 5) is 24.6. The van der Waals surface area contributed by atoms with Crippen molar-refractivity contribution in [1.29, 1.82) is 0 Å². The van der Waals surface area contributed by atoms with Gasteiger partial charge in [0.1, 0.15) is 6.54 Å². The average molecular weight is 399 g/mol. The molecule has 3 rings (SSSR count). The Morgan fingerprint density at radius 2 is 1.68 bits per heavy atom. The summed E-state index contributed by atoms with van der Waals surface area (Å²) in [7, 11) is 0. The fraction of sp³-hybridized carbons (Fsp3) is 0.158. The number of nitrogens with one attached hydrogen (secondary N) is 2. The minimum Gasteiger partial charge on any atom is -0.382 e. The number of carbonyl (C=O) groups excluding carboxylic acids is 2. The number of benzene rings is 2. The second kappa shape index (κ2) is 8.10. The number of carbonyl (C=O) groups is 2. The van der Waals surface area contributed by atoms with Gasteiger partial charge in [-0.25, -0.2) is 4.68 Å². The summed E-state index contributed by atoms with van der Waals surface area (Å²) in [6.07, 6.45) is 0. The smallest absolute Gasteiger partial charge is 0.280 e. The molecule has 144 valence electrons. The Labute approximate surface area is 166 Å². The third kappa shape index (κ3) is 4.66. The Morgan fingerprint density at radius 3 is 2.32 bits per heavy atom. The monoisotopic (exact) mass is 398 g/mol. The van der Waals surface area contributed by atoms with E-state index in [1.807, 2.05) is 32.0 Å². The summed E-state index contributed by atoms with van der Waals surface area (Å²) < 4.78 is 1.18. The Bertz CT molecular complexity index is 1010. The number of hydrogen-bond acceptors (Lipinski definition) is 5.